The molecule has 0 saturated carbocycles. The molecule has 0 aromatic heterocycles. The summed E-state index contributed by atoms with van der Waals surface area (Å²) in [7, 11) is 0. The summed E-state index contributed by atoms with van der Waals surface area (Å²) >= 11 is 3.30. The Morgan fingerprint density at radius 3 is 2.52 bits per heavy atom. The zero-order chi connectivity index (χ0) is 15.8. The van der Waals surface area contributed by atoms with E-state index in [0.29, 0.717) is 18.5 Å². The van der Waals surface area contributed by atoms with E-state index in [1.165, 1.54) is 0 Å². The second kappa shape index (κ2) is 8.41. The van der Waals surface area contributed by atoms with Gasteiger partial charge in [-0.2, -0.15) is 0 Å². The number of hydrogen-bond donors (Lipinski definition) is 3. The van der Waals surface area contributed by atoms with Crippen LogP contribution in [0.5, 0.6) is 0 Å². The molecule has 1 rings (SSSR count). The van der Waals surface area contributed by atoms with Gasteiger partial charge in [0.2, 0.25) is 5.91 Å². The molecule has 0 heterocycles. The van der Waals surface area contributed by atoms with Crippen LogP contribution < -0.4 is 10.6 Å². The van der Waals surface area contributed by atoms with E-state index in [0.717, 1.165) is 10.0 Å². The van der Waals surface area contributed by atoms with Gasteiger partial charge in [-0.05, 0) is 37.5 Å². The van der Waals surface area contributed by atoms with E-state index in [-0.39, 0.29) is 12.8 Å². The van der Waals surface area contributed by atoms with Gasteiger partial charge in [0.1, 0.15) is 0 Å². The maximum absolute atomic E-state index is 11.7. The van der Waals surface area contributed by atoms with E-state index in [2.05, 4.69) is 26.6 Å². The van der Waals surface area contributed by atoms with Gasteiger partial charge in [0.25, 0.3) is 0 Å². The number of rotatable bonds is 6. The Labute approximate surface area is 131 Å². The number of nitrogens with one attached hydrogen (secondary N) is 2. The molecule has 1 aromatic carbocycles. The van der Waals surface area contributed by atoms with Crippen LogP contribution in [0.3, 0.4) is 0 Å². The van der Waals surface area contributed by atoms with Gasteiger partial charge in [-0.25, -0.2) is 4.79 Å². The summed E-state index contributed by atoms with van der Waals surface area (Å²) in [6.07, 6.45) is 0.991. The number of halogens is 1. The van der Waals surface area contributed by atoms with Crippen LogP contribution in [0.4, 0.5) is 10.5 Å². The maximum Gasteiger partial charge on any atom is 0.325 e. The van der Waals surface area contributed by atoms with Crippen molar-refractivity contribution in [3.63, 3.8) is 0 Å². The van der Waals surface area contributed by atoms with Gasteiger partial charge in [-0.1, -0.05) is 22.0 Å². The predicted molar refractivity (Wildman–Crippen MR) is 82.1 cm³/mol. The average Bonchev–Trinajstić information content (AvgIpc) is 2.38. The molecule has 21 heavy (non-hydrogen) atoms. The molecule has 3 N–H and O–H groups in total. The summed E-state index contributed by atoms with van der Waals surface area (Å²) < 4.78 is 0.823. The summed E-state index contributed by atoms with van der Waals surface area (Å²) in [5.41, 5.74) is 1.49. The molecule has 0 aliphatic carbocycles. The van der Waals surface area contributed by atoms with Crippen LogP contribution in [0, 0.1) is 6.92 Å². The third-order valence-electron chi connectivity index (χ3n) is 2.75. The highest BCUT2D eigenvalue weighted by Crippen LogP contribution is 2.20. The van der Waals surface area contributed by atoms with E-state index < -0.39 is 17.9 Å². The number of anilines is 1. The molecule has 0 atom stereocenters. The van der Waals surface area contributed by atoms with Gasteiger partial charge in [0.15, 0.2) is 0 Å². The lowest BCUT2D eigenvalue weighted by atomic mass is 10.2. The first-order valence-corrected chi connectivity index (χ1v) is 7.26. The van der Waals surface area contributed by atoms with Gasteiger partial charge in [-0.15, -0.1) is 0 Å². The van der Waals surface area contributed by atoms with Crippen molar-refractivity contribution in [2.45, 2.75) is 32.6 Å². The first-order valence-electron chi connectivity index (χ1n) is 6.47. The third-order valence-corrected chi connectivity index (χ3v) is 3.24. The fourth-order valence-electron chi connectivity index (χ4n) is 1.63. The molecule has 0 fully saturated rings. The first kappa shape index (κ1) is 17.2. The quantitative estimate of drug-likeness (QED) is 0.682. The van der Waals surface area contributed by atoms with Crippen molar-refractivity contribution in [2.24, 2.45) is 0 Å². The zero-order valence-corrected chi connectivity index (χ0v) is 13.2. The fraction of sp³-hybridized carbons (Fsp3) is 0.357. The number of imide groups is 1. The number of aliphatic carboxylic acids is 1. The number of carboxylic acid groups (broad SMARTS) is 1. The molecule has 0 aliphatic heterocycles. The van der Waals surface area contributed by atoms with Crippen LogP contribution in [0.1, 0.15) is 31.2 Å². The van der Waals surface area contributed by atoms with Gasteiger partial charge in [0.05, 0.1) is 0 Å². The number of unbranched alkanes of at least 4 members (excludes halogenated alkanes) is 1. The van der Waals surface area contributed by atoms with E-state index in [4.69, 9.17) is 5.11 Å². The molecule has 0 unspecified atom stereocenters. The highest BCUT2D eigenvalue weighted by atomic mass is 79.9. The smallest absolute Gasteiger partial charge is 0.325 e. The molecule has 6 nitrogen and oxygen atoms in total. The Hall–Kier alpha value is -1.89. The molecule has 3 amide bonds. The second-order valence-electron chi connectivity index (χ2n) is 4.56. The lowest BCUT2D eigenvalue weighted by Gasteiger charge is -2.09. The number of urea groups is 1. The second-order valence-corrected chi connectivity index (χ2v) is 5.48. The summed E-state index contributed by atoms with van der Waals surface area (Å²) in [5, 5.41) is 13.3. The van der Waals surface area contributed by atoms with Gasteiger partial charge < -0.3 is 10.4 Å². The molecule has 1 aromatic rings. The predicted octanol–water partition coefficient (Wildman–Crippen LogP) is 3.05. The molecule has 0 spiro atoms. The Morgan fingerprint density at radius 1 is 1.19 bits per heavy atom. The number of carbonyl (C=O) groups is 3. The van der Waals surface area contributed by atoms with Gasteiger partial charge in [-0.3, -0.25) is 14.9 Å². The number of carbonyl (C=O) groups excluding carboxylic acids is 2. The topological polar surface area (TPSA) is 95.5 Å². The molecular weight excluding hydrogens is 340 g/mol. The molecule has 114 valence electrons. The number of aryl methyl sites for hydroxylation is 1. The number of benzene rings is 1. The molecule has 0 saturated heterocycles. The van der Waals surface area contributed by atoms with E-state index in [1.807, 2.05) is 19.1 Å². The fourth-order valence-corrected chi connectivity index (χ4v) is 1.99. The van der Waals surface area contributed by atoms with Crippen LogP contribution >= 0.6 is 15.9 Å². The van der Waals surface area contributed by atoms with Crippen LogP contribution in [0.25, 0.3) is 0 Å². The van der Waals surface area contributed by atoms with Gasteiger partial charge in [0, 0.05) is 23.0 Å². The maximum atomic E-state index is 11.7. The van der Waals surface area contributed by atoms with Crippen molar-refractivity contribution >= 4 is 39.5 Å². The van der Waals surface area contributed by atoms with Crippen molar-refractivity contribution in [3.8, 4) is 0 Å². The van der Waals surface area contributed by atoms with Crippen molar-refractivity contribution in [1.82, 2.24) is 5.32 Å². The minimum atomic E-state index is -0.890. The third kappa shape index (κ3) is 6.89. The van der Waals surface area contributed by atoms with E-state index >= 15 is 0 Å². The van der Waals surface area contributed by atoms with Crippen molar-refractivity contribution < 1.29 is 19.5 Å². The number of hydrogen-bond acceptors (Lipinski definition) is 3. The van der Waals surface area contributed by atoms with Crippen LogP contribution in [-0.2, 0) is 9.59 Å². The molecule has 0 bridgehead atoms. The van der Waals surface area contributed by atoms with Crippen molar-refractivity contribution in [2.75, 3.05) is 5.32 Å². The zero-order valence-electron chi connectivity index (χ0n) is 11.6. The molecule has 7 heteroatoms. The Balaban J connectivity index is 2.37. The van der Waals surface area contributed by atoms with Crippen LogP contribution in [0.2, 0.25) is 0 Å². The monoisotopic (exact) mass is 356 g/mol. The summed E-state index contributed by atoms with van der Waals surface area (Å²) in [5.74, 6) is -1.32. The summed E-state index contributed by atoms with van der Waals surface area (Å²) in [6, 6.07) is 4.84. The van der Waals surface area contributed by atoms with Crippen molar-refractivity contribution in [1.29, 1.82) is 0 Å². The summed E-state index contributed by atoms with van der Waals surface area (Å²) in [4.78, 5) is 33.5. The normalized spacial score (nSPS) is 10.0. The Bertz CT molecular complexity index is 546. The Morgan fingerprint density at radius 2 is 1.86 bits per heavy atom. The highest BCUT2D eigenvalue weighted by molar-refractivity contribution is 9.10. The Kier molecular flexibility index (Phi) is 6.87. The minimum Gasteiger partial charge on any atom is -0.481 e. The minimum absolute atomic E-state index is 0.0245. The highest BCUT2D eigenvalue weighted by Gasteiger charge is 2.09. The lowest BCUT2D eigenvalue weighted by molar-refractivity contribution is -0.137. The lowest BCUT2D eigenvalue weighted by Crippen LogP contribution is -2.34. The standard InChI is InChI=1S/C14H17BrN2O4/c1-9-6-7-10(15)8-11(9)16-14(21)17-12(18)4-2-3-5-13(19)20/h6-8H,2-5H2,1H3,(H,19,20)(H2,16,17,18,21). The van der Waals surface area contributed by atoms with Crippen LogP contribution in [0.15, 0.2) is 22.7 Å². The number of amides is 3. The summed E-state index contributed by atoms with van der Waals surface area (Å²) in [6.45, 7) is 1.84. The van der Waals surface area contributed by atoms with Crippen LogP contribution in [-0.4, -0.2) is 23.0 Å². The van der Waals surface area contributed by atoms with E-state index in [1.54, 1.807) is 6.07 Å². The van der Waals surface area contributed by atoms with E-state index in [9.17, 15) is 14.4 Å². The largest absolute Gasteiger partial charge is 0.481 e. The average molecular weight is 357 g/mol. The molecule has 0 radical (unpaired) electrons. The van der Waals surface area contributed by atoms with Crippen molar-refractivity contribution in [3.05, 3.63) is 28.2 Å². The molecular formula is C14H17BrN2O4. The van der Waals surface area contributed by atoms with Gasteiger partial charge >= 0.3 is 12.0 Å². The number of carboxylic acids is 1. The first-order chi connectivity index (χ1) is 9.88. The SMILES string of the molecule is Cc1ccc(Br)cc1NC(=O)NC(=O)CCCCC(=O)O. The molecule has 0 aliphatic rings.